The van der Waals surface area contributed by atoms with E-state index in [1.807, 2.05) is 0 Å². The molecule has 4 heteroatoms. The van der Waals surface area contributed by atoms with E-state index >= 15 is 0 Å². The van der Waals surface area contributed by atoms with E-state index < -0.39 is 15.9 Å². The summed E-state index contributed by atoms with van der Waals surface area (Å²) in [5.41, 5.74) is 0.574. The lowest BCUT2D eigenvalue weighted by Gasteiger charge is -2.05. The van der Waals surface area contributed by atoms with E-state index in [4.69, 9.17) is 6.57 Å². The van der Waals surface area contributed by atoms with Gasteiger partial charge in [-0.05, 0) is 12.1 Å². The van der Waals surface area contributed by atoms with Crippen molar-refractivity contribution in [3.05, 3.63) is 41.2 Å². The fourth-order valence-corrected chi connectivity index (χ4v) is 2.23. The van der Waals surface area contributed by atoms with Crippen LogP contribution in [0.1, 0.15) is 18.5 Å². The summed E-state index contributed by atoms with van der Waals surface area (Å²) in [5, 5.41) is 0. The Morgan fingerprint density at radius 2 is 1.93 bits per heavy atom. The molecule has 0 saturated heterocycles. The van der Waals surface area contributed by atoms with Crippen molar-refractivity contribution in [2.45, 2.75) is 17.9 Å². The molecule has 0 aliphatic carbocycles. The summed E-state index contributed by atoms with van der Waals surface area (Å²) >= 11 is 0. The molecule has 1 aromatic rings. The summed E-state index contributed by atoms with van der Waals surface area (Å²) in [4.78, 5) is 3.57. The first-order valence-electron chi connectivity index (χ1n) is 4.12. The Hall–Kier alpha value is -1.34. The summed E-state index contributed by atoms with van der Waals surface area (Å²) in [5.74, 6) is 0. The number of hydrogen-bond donors (Lipinski definition) is 0. The molecule has 0 radical (unpaired) electrons. The molecule has 1 aromatic carbocycles. The van der Waals surface area contributed by atoms with Crippen LogP contribution < -0.4 is 0 Å². The first kappa shape index (κ1) is 10.7. The minimum Gasteiger partial charge on any atom is -0.309 e. The highest BCUT2D eigenvalue weighted by atomic mass is 32.2. The van der Waals surface area contributed by atoms with Gasteiger partial charge < -0.3 is 4.85 Å². The Balaban J connectivity index is 3.40. The zero-order valence-corrected chi connectivity index (χ0v) is 8.88. The molecular formula is C10H11NO2S. The molecule has 0 saturated carbocycles. The van der Waals surface area contributed by atoms with Crippen LogP contribution in [0.3, 0.4) is 0 Å². The molecule has 0 aliphatic heterocycles. The molecule has 0 aliphatic rings. The van der Waals surface area contributed by atoms with Crippen LogP contribution >= 0.6 is 0 Å². The predicted molar refractivity (Wildman–Crippen MR) is 54.6 cm³/mol. The highest BCUT2D eigenvalue weighted by Gasteiger charge is 2.19. The topological polar surface area (TPSA) is 38.5 Å². The first-order chi connectivity index (χ1) is 6.46. The van der Waals surface area contributed by atoms with Gasteiger partial charge in [-0.2, -0.15) is 0 Å². The van der Waals surface area contributed by atoms with Gasteiger partial charge in [0, 0.05) is 13.2 Å². The molecule has 1 rings (SSSR count). The lowest BCUT2D eigenvalue weighted by Crippen LogP contribution is -2.03. The van der Waals surface area contributed by atoms with Crippen molar-refractivity contribution in [1.82, 2.24) is 0 Å². The van der Waals surface area contributed by atoms with Gasteiger partial charge in [-0.1, -0.05) is 12.1 Å². The standard InChI is InChI=1S/C10H11NO2S/c1-8(11-2)9-6-4-5-7-10(9)14(3,12)13/h4-8H,1,3H3. The normalized spacial score (nSPS) is 13.2. The van der Waals surface area contributed by atoms with E-state index in [2.05, 4.69) is 4.85 Å². The molecule has 0 N–H and O–H groups in total. The smallest absolute Gasteiger partial charge is 0.247 e. The Labute approximate surface area is 84.1 Å². The van der Waals surface area contributed by atoms with Gasteiger partial charge in [-0.25, -0.2) is 15.0 Å². The van der Waals surface area contributed by atoms with Gasteiger partial charge in [0.05, 0.1) is 10.5 Å². The largest absolute Gasteiger partial charge is 0.309 e. The maximum Gasteiger partial charge on any atom is 0.247 e. The van der Waals surface area contributed by atoms with Crippen LogP contribution in [0.4, 0.5) is 0 Å². The van der Waals surface area contributed by atoms with Crippen molar-refractivity contribution in [1.29, 1.82) is 0 Å². The van der Waals surface area contributed by atoms with Crippen LogP contribution in [0.15, 0.2) is 29.2 Å². The molecule has 14 heavy (non-hydrogen) atoms. The third-order valence-electron chi connectivity index (χ3n) is 1.96. The lowest BCUT2D eigenvalue weighted by atomic mass is 10.1. The molecule has 0 amide bonds. The molecule has 0 aromatic heterocycles. The van der Waals surface area contributed by atoms with E-state index in [1.54, 1.807) is 25.1 Å². The van der Waals surface area contributed by atoms with E-state index in [-0.39, 0.29) is 4.90 Å². The van der Waals surface area contributed by atoms with Crippen LogP contribution in [0.5, 0.6) is 0 Å². The molecule has 0 fully saturated rings. The second kappa shape index (κ2) is 3.81. The van der Waals surface area contributed by atoms with Crippen molar-refractivity contribution < 1.29 is 8.42 Å². The van der Waals surface area contributed by atoms with Crippen LogP contribution in [0.25, 0.3) is 4.85 Å². The summed E-state index contributed by atoms with van der Waals surface area (Å²) < 4.78 is 22.7. The summed E-state index contributed by atoms with van der Waals surface area (Å²) in [6.45, 7) is 8.57. The Kier molecular flexibility index (Phi) is 2.92. The van der Waals surface area contributed by atoms with Crippen molar-refractivity contribution in [2.75, 3.05) is 6.26 Å². The molecule has 1 atom stereocenters. The maximum atomic E-state index is 11.4. The molecule has 3 nitrogen and oxygen atoms in total. The van der Waals surface area contributed by atoms with Gasteiger partial charge >= 0.3 is 0 Å². The van der Waals surface area contributed by atoms with Gasteiger partial charge in [0.2, 0.25) is 6.04 Å². The summed E-state index contributed by atoms with van der Waals surface area (Å²) in [6, 6.07) is 6.20. The maximum absolute atomic E-state index is 11.4. The van der Waals surface area contributed by atoms with Crippen molar-refractivity contribution in [3.63, 3.8) is 0 Å². The molecule has 0 heterocycles. The molecule has 1 unspecified atom stereocenters. The van der Waals surface area contributed by atoms with Crippen LogP contribution in [0, 0.1) is 6.57 Å². The van der Waals surface area contributed by atoms with Gasteiger partial charge in [0.25, 0.3) is 0 Å². The predicted octanol–water partition coefficient (Wildman–Crippen LogP) is 2.07. The number of hydrogen-bond acceptors (Lipinski definition) is 2. The Morgan fingerprint density at radius 1 is 1.36 bits per heavy atom. The number of rotatable bonds is 2. The Bertz CT molecular complexity index is 471. The minimum absolute atomic E-state index is 0.253. The second-order valence-corrected chi connectivity index (χ2v) is 5.10. The van der Waals surface area contributed by atoms with Crippen LogP contribution in [-0.2, 0) is 9.84 Å². The quantitative estimate of drug-likeness (QED) is 0.699. The summed E-state index contributed by atoms with van der Waals surface area (Å²) in [7, 11) is -3.23. The SMILES string of the molecule is [C-]#[N+]C(C)c1ccccc1S(C)(=O)=O. The first-order valence-corrected chi connectivity index (χ1v) is 6.01. The fraction of sp³-hybridized carbons (Fsp3) is 0.300. The van der Waals surface area contributed by atoms with Crippen LogP contribution in [0.2, 0.25) is 0 Å². The van der Waals surface area contributed by atoms with Crippen molar-refractivity contribution >= 4 is 9.84 Å². The van der Waals surface area contributed by atoms with Crippen LogP contribution in [-0.4, -0.2) is 14.7 Å². The van der Waals surface area contributed by atoms with Gasteiger partial charge in [-0.3, -0.25) is 0 Å². The third-order valence-corrected chi connectivity index (χ3v) is 3.13. The van der Waals surface area contributed by atoms with Gasteiger partial charge in [0.1, 0.15) is 0 Å². The van der Waals surface area contributed by atoms with E-state index in [9.17, 15) is 8.42 Å². The number of benzene rings is 1. The van der Waals surface area contributed by atoms with Crippen molar-refractivity contribution in [2.24, 2.45) is 0 Å². The highest BCUT2D eigenvalue weighted by molar-refractivity contribution is 7.90. The molecule has 74 valence electrons. The molecular weight excluding hydrogens is 198 g/mol. The van der Waals surface area contributed by atoms with Gasteiger partial charge in [0.15, 0.2) is 9.84 Å². The zero-order valence-electron chi connectivity index (χ0n) is 8.06. The van der Waals surface area contributed by atoms with E-state index in [0.717, 1.165) is 6.26 Å². The van der Waals surface area contributed by atoms with Gasteiger partial charge in [-0.15, -0.1) is 0 Å². The van der Waals surface area contributed by atoms with E-state index in [0.29, 0.717) is 5.56 Å². The zero-order chi connectivity index (χ0) is 10.8. The summed E-state index contributed by atoms with van der Waals surface area (Å²) in [6.07, 6.45) is 1.16. The monoisotopic (exact) mass is 209 g/mol. The number of nitrogens with zero attached hydrogens (tertiary/aromatic N) is 1. The average Bonchev–Trinajstić information content (AvgIpc) is 2.15. The van der Waals surface area contributed by atoms with E-state index in [1.165, 1.54) is 6.07 Å². The number of sulfone groups is 1. The molecule has 0 spiro atoms. The highest BCUT2D eigenvalue weighted by Crippen LogP contribution is 2.24. The van der Waals surface area contributed by atoms with Crippen molar-refractivity contribution in [3.8, 4) is 0 Å². The molecule has 0 bridgehead atoms. The minimum atomic E-state index is -3.23. The average molecular weight is 209 g/mol. The lowest BCUT2D eigenvalue weighted by molar-refractivity contribution is 0.600. The second-order valence-electron chi connectivity index (χ2n) is 3.12. The fourth-order valence-electron chi connectivity index (χ4n) is 1.23. The third kappa shape index (κ3) is 2.12. The Morgan fingerprint density at radius 3 is 2.43 bits per heavy atom.